The number of fused-ring (bicyclic) bond motifs is 2. The zero-order valence-electron chi connectivity index (χ0n) is 34.3. The molecular formula is C52H60Cl2SiZr. The minimum atomic E-state index is -0.826. The fourth-order valence-electron chi connectivity index (χ4n) is 11.3. The molecular weight excluding hydrogens is 815 g/mol. The van der Waals surface area contributed by atoms with Crippen LogP contribution in [-0.4, -0.2) is 9.52 Å². The molecule has 0 spiro atoms. The second kappa shape index (κ2) is 19.2. The molecule has 0 saturated heterocycles. The van der Waals surface area contributed by atoms with Crippen molar-refractivity contribution in [3.05, 3.63) is 131 Å². The monoisotopic (exact) mass is 872 g/mol. The summed E-state index contributed by atoms with van der Waals surface area (Å²) in [4.78, 5) is 0. The summed E-state index contributed by atoms with van der Waals surface area (Å²) in [6, 6.07) is 42.0. The molecule has 6 aromatic rings. The summed E-state index contributed by atoms with van der Waals surface area (Å²) >= 11 is -0.826. The van der Waals surface area contributed by atoms with E-state index < -0.39 is 20.8 Å². The van der Waals surface area contributed by atoms with Gasteiger partial charge in [0.2, 0.25) is 0 Å². The Morgan fingerprint density at radius 2 is 1.18 bits per heavy atom. The fraction of sp³-hybridized carbons (Fsp3) is 0.423. The van der Waals surface area contributed by atoms with E-state index in [2.05, 4.69) is 143 Å². The summed E-state index contributed by atoms with van der Waals surface area (Å²) in [5, 5.41) is 5.62. The van der Waals surface area contributed by atoms with Gasteiger partial charge >= 0.3 is 37.9 Å². The van der Waals surface area contributed by atoms with Crippen molar-refractivity contribution in [2.24, 2.45) is 17.8 Å². The molecule has 0 nitrogen and oxygen atoms in total. The van der Waals surface area contributed by atoms with Crippen LogP contribution in [0.5, 0.6) is 0 Å². The molecule has 0 atom stereocenters. The van der Waals surface area contributed by atoms with Gasteiger partial charge in [-0.25, -0.2) is 0 Å². The van der Waals surface area contributed by atoms with E-state index in [-0.39, 0.29) is 0 Å². The van der Waals surface area contributed by atoms with Crippen molar-refractivity contribution in [2.45, 2.75) is 122 Å². The van der Waals surface area contributed by atoms with Crippen molar-refractivity contribution in [1.82, 2.24) is 0 Å². The van der Waals surface area contributed by atoms with Crippen molar-refractivity contribution in [3.8, 4) is 22.3 Å². The Bertz CT molecular complexity index is 2110. The normalized spacial score (nSPS) is 22.2. The first-order valence-corrected chi connectivity index (χ1v) is 29.7. The van der Waals surface area contributed by atoms with Crippen LogP contribution in [0.2, 0.25) is 13.1 Å². The molecule has 0 amide bonds. The second-order valence-electron chi connectivity index (χ2n) is 17.7. The van der Waals surface area contributed by atoms with Crippen molar-refractivity contribution in [3.63, 3.8) is 0 Å². The summed E-state index contributed by atoms with van der Waals surface area (Å²) in [7, 11) is 11.0. The molecule has 290 valence electrons. The molecule has 5 fully saturated rings. The van der Waals surface area contributed by atoms with E-state index in [1.54, 1.807) is 11.1 Å². The number of hydrogen-bond donors (Lipinski definition) is 0. The van der Waals surface area contributed by atoms with Gasteiger partial charge in [0.15, 0.2) is 0 Å². The van der Waals surface area contributed by atoms with Crippen molar-refractivity contribution < 1.29 is 20.8 Å². The van der Waals surface area contributed by atoms with Gasteiger partial charge in [0.25, 0.3) is 0 Å². The third kappa shape index (κ3) is 9.31. The molecule has 2 radical (unpaired) electrons. The Morgan fingerprint density at radius 3 is 1.68 bits per heavy atom. The van der Waals surface area contributed by atoms with Gasteiger partial charge in [-0.15, -0.1) is 69.1 Å². The molecule has 4 heteroatoms. The Kier molecular flexibility index (Phi) is 14.4. The number of aryl methyl sites for hydroxylation is 1. The van der Waals surface area contributed by atoms with E-state index in [0.29, 0.717) is 11.3 Å². The summed E-state index contributed by atoms with van der Waals surface area (Å²) in [6.07, 6.45) is 15.6. The SMILES string of the molecule is CC(C)c1ccc(-c2cccc3[cH-]c(C4CCCC4)cc23)cc1.CCc1cc2c(-c3ccc(C45CC6CC(CC(C6)C4)C5)cc3)cccc2[cH-]1.C[Si]C.[Cl][Zr+2][Cl]. The maximum atomic E-state index is 4.93. The molecule has 11 rings (SSSR count). The average molecular weight is 875 g/mol. The first-order valence-electron chi connectivity index (χ1n) is 21.4. The van der Waals surface area contributed by atoms with Crippen LogP contribution >= 0.6 is 17.0 Å². The molecule has 0 unspecified atom stereocenters. The number of halogens is 2. The predicted molar refractivity (Wildman–Crippen MR) is 244 cm³/mol. The third-order valence-corrected chi connectivity index (χ3v) is 13.6. The Morgan fingerprint density at radius 1 is 0.696 bits per heavy atom. The molecule has 0 aliphatic heterocycles. The van der Waals surface area contributed by atoms with E-state index in [4.69, 9.17) is 17.0 Å². The zero-order valence-corrected chi connectivity index (χ0v) is 39.3. The molecule has 5 saturated carbocycles. The standard InChI is InChI=1S/C27H29.C23H25.C2H6Si.2ClH.Zr/c1-2-18-13-23-4-3-5-25(26(23)14-18)22-6-8-24(9-7-22)27-15-19-10-20(16-27)12-21(11-19)17-27;1-16(2)17-10-12-19(13-11-17)22-9-5-8-20-14-21(15-23(20)22)18-6-3-4-7-18;1-3-2;;;/h3-9,13-14,19-21H,2,10-12,15-17H2,1H3;5,8-16,18H,3-4,6-7H2,1-2H3;1-2H3;2*1H;/q2*-1;;;;+4/p-2. The fourth-order valence-corrected chi connectivity index (χ4v) is 11.3. The van der Waals surface area contributed by atoms with Crippen molar-refractivity contribution in [1.29, 1.82) is 0 Å². The van der Waals surface area contributed by atoms with E-state index in [1.165, 1.54) is 119 Å². The van der Waals surface area contributed by atoms with Gasteiger partial charge in [0.1, 0.15) is 0 Å². The van der Waals surface area contributed by atoms with Gasteiger partial charge in [-0.2, -0.15) is 12.1 Å². The summed E-state index contributed by atoms with van der Waals surface area (Å²) < 4.78 is 0. The summed E-state index contributed by atoms with van der Waals surface area (Å²) in [6.45, 7) is 11.1. The van der Waals surface area contributed by atoms with Gasteiger partial charge in [-0.3, -0.25) is 0 Å². The maximum absolute atomic E-state index is 4.93. The van der Waals surface area contributed by atoms with Crippen LogP contribution in [0.15, 0.2) is 109 Å². The van der Waals surface area contributed by atoms with Crippen LogP contribution in [0.4, 0.5) is 0 Å². The third-order valence-electron chi connectivity index (χ3n) is 13.6. The van der Waals surface area contributed by atoms with Crippen LogP contribution in [0.3, 0.4) is 0 Å². The van der Waals surface area contributed by atoms with Crippen molar-refractivity contribution >= 4 is 48.1 Å². The van der Waals surface area contributed by atoms with Gasteiger partial charge in [-0.05, 0) is 115 Å². The molecule has 56 heavy (non-hydrogen) atoms. The Balaban J connectivity index is 0.000000152. The van der Waals surface area contributed by atoms with Gasteiger partial charge in [0, 0.05) is 9.52 Å². The van der Waals surface area contributed by atoms with Crippen LogP contribution in [-0.2, 0) is 32.7 Å². The first kappa shape index (κ1) is 41.9. The van der Waals surface area contributed by atoms with E-state index in [9.17, 15) is 0 Å². The molecule has 5 aliphatic rings. The Labute approximate surface area is 359 Å². The summed E-state index contributed by atoms with van der Waals surface area (Å²) in [5.41, 5.74) is 12.0. The molecule has 0 aromatic heterocycles. The van der Waals surface area contributed by atoms with E-state index >= 15 is 0 Å². The van der Waals surface area contributed by atoms with E-state index in [1.807, 2.05) is 0 Å². The summed E-state index contributed by atoms with van der Waals surface area (Å²) in [5.74, 6) is 4.43. The molecule has 0 heterocycles. The zero-order chi connectivity index (χ0) is 39.2. The predicted octanol–water partition coefficient (Wildman–Crippen LogP) is 16.4. The topological polar surface area (TPSA) is 0 Å². The molecule has 6 aromatic carbocycles. The number of rotatable bonds is 6. The van der Waals surface area contributed by atoms with Gasteiger partial charge < -0.3 is 0 Å². The van der Waals surface area contributed by atoms with Crippen LogP contribution in [0.25, 0.3) is 43.8 Å². The quantitative estimate of drug-likeness (QED) is 0.116. The van der Waals surface area contributed by atoms with Crippen LogP contribution in [0, 0.1) is 17.8 Å². The second-order valence-corrected chi connectivity index (χ2v) is 22.5. The molecule has 4 bridgehead atoms. The van der Waals surface area contributed by atoms with Crippen LogP contribution in [0.1, 0.15) is 119 Å². The number of benzene rings is 4. The van der Waals surface area contributed by atoms with Crippen LogP contribution < -0.4 is 0 Å². The minimum absolute atomic E-state index is 0.509. The van der Waals surface area contributed by atoms with Crippen molar-refractivity contribution in [2.75, 3.05) is 0 Å². The Hall–Kier alpha value is -2.22. The first-order chi connectivity index (χ1) is 27.3. The molecule has 0 N–H and O–H groups in total. The van der Waals surface area contributed by atoms with Gasteiger partial charge in [-0.1, -0.05) is 118 Å². The average Bonchev–Trinajstić information content (AvgIpc) is 3.99. The molecule has 5 aliphatic carbocycles. The van der Waals surface area contributed by atoms with E-state index in [0.717, 1.165) is 39.6 Å². The van der Waals surface area contributed by atoms with Gasteiger partial charge in [0.05, 0.1) is 0 Å². The number of hydrogen-bond acceptors (Lipinski definition) is 0.